The molecule has 3 heterocycles. The van der Waals surface area contributed by atoms with E-state index in [-0.39, 0.29) is 12.0 Å². The normalized spacial score (nSPS) is 18.1. The van der Waals surface area contributed by atoms with E-state index in [4.69, 9.17) is 14.2 Å². The van der Waals surface area contributed by atoms with Crippen LogP contribution in [0.2, 0.25) is 0 Å². The summed E-state index contributed by atoms with van der Waals surface area (Å²) in [6.07, 6.45) is 4.58. The van der Waals surface area contributed by atoms with E-state index >= 15 is 0 Å². The first kappa shape index (κ1) is 24.6. The molecule has 0 spiro atoms. The molecular weight excluding hydrogens is 450 g/mol. The topological polar surface area (TPSA) is 141 Å². The molecule has 0 amide bonds. The average molecular weight is 484 g/mol. The number of carboxylic acid groups (broad SMARTS) is 1. The Morgan fingerprint density at radius 3 is 2.89 bits per heavy atom. The maximum atomic E-state index is 11.4. The number of aryl methyl sites for hydroxylation is 3. The van der Waals surface area contributed by atoms with Crippen LogP contribution >= 0.6 is 0 Å². The van der Waals surface area contributed by atoms with Crippen molar-refractivity contribution in [3.05, 3.63) is 29.3 Å². The Bertz CT molecular complexity index is 1160. The van der Waals surface area contributed by atoms with Crippen LogP contribution in [0.3, 0.4) is 0 Å². The first-order chi connectivity index (χ1) is 16.8. The van der Waals surface area contributed by atoms with Crippen molar-refractivity contribution >= 4 is 12.0 Å². The van der Waals surface area contributed by atoms with E-state index in [0.29, 0.717) is 54.3 Å². The van der Waals surface area contributed by atoms with Gasteiger partial charge in [-0.3, -0.25) is 4.79 Å². The van der Waals surface area contributed by atoms with Gasteiger partial charge in [-0.1, -0.05) is 24.2 Å². The molecule has 0 aromatic carbocycles. The van der Waals surface area contributed by atoms with Crippen molar-refractivity contribution in [1.29, 1.82) is 0 Å². The smallest absolute Gasteiger partial charge is 0.321 e. The Kier molecular flexibility index (Phi) is 7.62. The molecule has 0 aliphatic heterocycles. The SMILES string of the molecule is Cc1nc(-c2nnn(C)c2CNc2nc(CCC(C)C)no2)ccc1O[C@H]1CCC[C@H](C(=O)O)C1. The molecule has 4 rings (SSSR count). The molecule has 2 N–H and O–H groups in total. The van der Waals surface area contributed by atoms with Crippen LogP contribution in [0.5, 0.6) is 5.75 Å². The van der Waals surface area contributed by atoms with Crippen LogP contribution in [0, 0.1) is 18.8 Å². The number of ether oxygens (including phenoxy) is 1. The molecule has 0 radical (unpaired) electrons. The summed E-state index contributed by atoms with van der Waals surface area (Å²) < 4.78 is 13.1. The van der Waals surface area contributed by atoms with Gasteiger partial charge < -0.3 is 19.7 Å². The van der Waals surface area contributed by atoms with E-state index in [1.807, 2.05) is 26.1 Å². The first-order valence-corrected chi connectivity index (χ1v) is 12.1. The van der Waals surface area contributed by atoms with Gasteiger partial charge in [-0.25, -0.2) is 9.67 Å². The Hall–Kier alpha value is -3.50. The third-order valence-electron chi connectivity index (χ3n) is 6.31. The second-order valence-corrected chi connectivity index (χ2v) is 9.53. The number of nitrogens with zero attached hydrogens (tertiary/aromatic N) is 6. The van der Waals surface area contributed by atoms with Crippen LogP contribution in [-0.2, 0) is 24.8 Å². The summed E-state index contributed by atoms with van der Waals surface area (Å²) in [6.45, 7) is 6.59. The predicted octanol–water partition coefficient (Wildman–Crippen LogP) is 3.79. The highest BCUT2D eigenvalue weighted by Crippen LogP contribution is 2.30. The molecule has 11 heteroatoms. The van der Waals surface area contributed by atoms with Crippen LogP contribution in [0.4, 0.5) is 6.01 Å². The van der Waals surface area contributed by atoms with Crippen molar-refractivity contribution in [2.45, 2.75) is 71.9 Å². The fourth-order valence-electron chi connectivity index (χ4n) is 4.24. The lowest BCUT2D eigenvalue weighted by atomic mass is 9.87. The molecule has 11 nitrogen and oxygen atoms in total. The van der Waals surface area contributed by atoms with Crippen molar-refractivity contribution in [2.75, 3.05) is 5.32 Å². The number of carboxylic acids is 1. The third kappa shape index (κ3) is 6.14. The molecule has 0 unspecified atom stereocenters. The standard InChI is InChI=1S/C24H33N7O4/c1-14(2)8-11-21-27-24(35-29-21)25-13-19-22(28-30-31(19)4)18-9-10-20(15(3)26-18)34-17-7-5-6-16(12-17)23(32)33/h9-10,14,16-17H,5-8,11-13H2,1-4H3,(H,32,33)(H,25,27,29)/t16-,17-/m0/s1. The molecule has 0 saturated heterocycles. The molecule has 3 aromatic heterocycles. The van der Waals surface area contributed by atoms with Gasteiger partial charge in [0.2, 0.25) is 0 Å². The van der Waals surface area contributed by atoms with Crippen LogP contribution in [-0.4, -0.2) is 47.3 Å². The van der Waals surface area contributed by atoms with E-state index in [2.05, 4.69) is 39.6 Å². The second kappa shape index (κ2) is 10.8. The fraction of sp³-hybridized carbons (Fsp3) is 0.583. The average Bonchev–Trinajstić information content (AvgIpc) is 3.44. The van der Waals surface area contributed by atoms with Gasteiger partial charge in [0, 0.05) is 13.5 Å². The maximum Gasteiger partial charge on any atom is 0.321 e. The van der Waals surface area contributed by atoms with E-state index in [1.54, 1.807) is 4.68 Å². The number of pyridine rings is 1. The molecule has 35 heavy (non-hydrogen) atoms. The van der Waals surface area contributed by atoms with Gasteiger partial charge in [-0.2, -0.15) is 4.98 Å². The molecule has 1 saturated carbocycles. The minimum atomic E-state index is -0.750. The van der Waals surface area contributed by atoms with E-state index in [9.17, 15) is 9.90 Å². The molecule has 0 bridgehead atoms. The molecule has 2 atom stereocenters. The highest BCUT2D eigenvalue weighted by Gasteiger charge is 2.28. The van der Waals surface area contributed by atoms with Gasteiger partial charge in [-0.05, 0) is 57.1 Å². The quantitative estimate of drug-likeness (QED) is 0.437. The largest absolute Gasteiger partial charge is 0.489 e. The Morgan fingerprint density at radius 2 is 2.14 bits per heavy atom. The highest BCUT2D eigenvalue weighted by atomic mass is 16.5. The number of hydrogen-bond acceptors (Lipinski definition) is 9. The summed E-state index contributed by atoms with van der Waals surface area (Å²) >= 11 is 0. The number of aromatic nitrogens is 6. The number of carbonyl (C=O) groups is 1. The number of hydrogen-bond donors (Lipinski definition) is 2. The lowest BCUT2D eigenvalue weighted by Gasteiger charge is -2.27. The summed E-state index contributed by atoms with van der Waals surface area (Å²) in [6, 6.07) is 4.08. The fourth-order valence-corrected chi connectivity index (χ4v) is 4.24. The van der Waals surface area contributed by atoms with Crippen molar-refractivity contribution < 1.29 is 19.2 Å². The van der Waals surface area contributed by atoms with Crippen LogP contribution in [0.1, 0.15) is 63.2 Å². The summed E-state index contributed by atoms with van der Waals surface area (Å²) in [7, 11) is 1.82. The molecule has 188 valence electrons. The molecule has 1 aliphatic carbocycles. The van der Waals surface area contributed by atoms with E-state index in [1.165, 1.54) is 0 Å². The van der Waals surface area contributed by atoms with Gasteiger partial charge in [0.1, 0.15) is 11.4 Å². The minimum absolute atomic E-state index is 0.118. The van der Waals surface area contributed by atoms with E-state index < -0.39 is 5.97 Å². The number of rotatable bonds is 10. The zero-order chi connectivity index (χ0) is 24.9. The summed E-state index contributed by atoms with van der Waals surface area (Å²) in [5.41, 5.74) is 2.87. The monoisotopic (exact) mass is 483 g/mol. The third-order valence-corrected chi connectivity index (χ3v) is 6.31. The lowest BCUT2D eigenvalue weighted by molar-refractivity contribution is -0.143. The van der Waals surface area contributed by atoms with Crippen LogP contribution in [0.15, 0.2) is 16.7 Å². The van der Waals surface area contributed by atoms with Gasteiger partial charge in [0.15, 0.2) is 5.82 Å². The molecular formula is C24H33N7O4. The Balaban J connectivity index is 1.42. The van der Waals surface area contributed by atoms with Crippen LogP contribution < -0.4 is 10.1 Å². The summed E-state index contributed by atoms with van der Waals surface area (Å²) in [5, 5.41) is 25.0. The number of nitrogens with one attached hydrogen (secondary N) is 1. The van der Waals surface area contributed by atoms with Gasteiger partial charge in [0.05, 0.1) is 35.6 Å². The Labute approximate surface area is 204 Å². The van der Waals surface area contributed by atoms with Gasteiger partial charge >= 0.3 is 12.0 Å². The minimum Gasteiger partial charge on any atom is -0.489 e. The Morgan fingerprint density at radius 1 is 1.31 bits per heavy atom. The second-order valence-electron chi connectivity index (χ2n) is 9.53. The van der Waals surface area contributed by atoms with Gasteiger partial charge in [0.25, 0.3) is 0 Å². The summed E-state index contributed by atoms with van der Waals surface area (Å²) in [5.74, 6) is 0.823. The van der Waals surface area contributed by atoms with Gasteiger partial charge in [-0.15, -0.1) is 5.10 Å². The van der Waals surface area contributed by atoms with Crippen molar-refractivity contribution in [1.82, 2.24) is 30.1 Å². The first-order valence-electron chi connectivity index (χ1n) is 12.1. The zero-order valence-corrected chi connectivity index (χ0v) is 20.7. The van der Waals surface area contributed by atoms with E-state index in [0.717, 1.165) is 37.1 Å². The zero-order valence-electron chi connectivity index (χ0n) is 20.7. The molecule has 1 fully saturated rings. The number of anilines is 1. The van der Waals surface area contributed by atoms with Crippen molar-refractivity contribution in [2.24, 2.45) is 18.9 Å². The maximum absolute atomic E-state index is 11.4. The predicted molar refractivity (Wildman–Crippen MR) is 128 cm³/mol. The molecule has 1 aliphatic rings. The highest BCUT2D eigenvalue weighted by molar-refractivity contribution is 5.70. The lowest BCUT2D eigenvalue weighted by Crippen LogP contribution is -2.29. The number of aliphatic carboxylic acids is 1. The van der Waals surface area contributed by atoms with Crippen molar-refractivity contribution in [3.63, 3.8) is 0 Å². The van der Waals surface area contributed by atoms with Crippen LogP contribution in [0.25, 0.3) is 11.4 Å². The molecule has 3 aromatic rings. The van der Waals surface area contributed by atoms with Crippen molar-refractivity contribution in [3.8, 4) is 17.1 Å². The summed E-state index contributed by atoms with van der Waals surface area (Å²) in [4.78, 5) is 20.5.